The lowest BCUT2D eigenvalue weighted by atomic mass is 10.2. The van der Waals surface area contributed by atoms with Gasteiger partial charge in [-0.2, -0.15) is 0 Å². The van der Waals surface area contributed by atoms with Crippen molar-refractivity contribution in [2.75, 3.05) is 17.9 Å². The van der Waals surface area contributed by atoms with E-state index in [4.69, 9.17) is 14.6 Å². The zero-order valence-electron chi connectivity index (χ0n) is 12.2. The van der Waals surface area contributed by atoms with E-state index in [0.717, 1.165) is 0 Å². The van der Waals surface area contributed by atoms with Crippen LogP contribution < -0.4 is 14.2 Å². The van der Waals surface area contributed by atoms with Gasteiger partial charge in [0.05, 0.1) is 5.56 Å². The average Bonchev–Trinajstić information content (AvgIpc) is 2.54. The van der Waals surface area contributed by atoms with Gasteiger partial charge in [0.1, 0.15) is 18.1 Å². The maximum atomic E-state index is 12.6. The molecule has 0 bridgehead atoms. The van der Waals surface area contributed by atoms with Gasteiger partial charge in [0.2, 0.25) is 0 Å². The lowest BCUT2D eigenvalue weighted by molar-refractivity contribution is 0.0697. The molecular weight excluding hydrogens is 402 g/mol. The van der Waals surface area contributed by atoms with E-state index < -0.39 is 16.0 Å². The quantitative estimate of drug-likeness (QED) is 0.798. The first-order valence-electron chi connectivity index (χ1n) is 6.82. The number of ether oxygens (including phenoxy) is 2. The minimum atomic E-state index is -3.95. The van der Waals surface area contributed by atoms with Crippen LogP contribution in [0.5, 0.6) is 11.5 Å². The molecule has 0 saturated carbocycles. The van der Waals surface area contributed by atoms with E-state index in [2.05, 4.69) is 20.7 Å². The van der Waals surface area contributed by atoms with Crippen LogP contribution in [0.1, 0.15) is 10.4 Å². The van der Waals surface area contributed by atoms with Crippen LogP contribution in [-0.2, 0) is 10.0 Å². The van der Waals surface area contributed by atoms with Crippen molar-refractivity contribution in [2.45, 2.75) is 4.90 Å². The van der Waals surface area contributed by atoms with Crippen LogP contribution in [0.25, 0.3) is 0 Å². The molecule has 0 radical (unpaired) electrons. The Kier molecular flexibility index (Phi) is 4.37. The third-order valence-electron chi connectivity index (χ3n) is 3.25. The molecular formula is C15H12BrNO6S. The maximum Gasteiger partial charge on any atom is 0.335 e. The number of hydrogen-bond acceptors (Lipinski definition) is 5. The Bertz CT molecular complexity index is 912. The fourth-order valence-electron chi connectivity index (χ4n) is 2.18. The highest BCUT2D eigenvalue weighted by atomic mass is 79.9. The number of carboxylic acid groups (broad SMARTS) is 1. The van der Waals surface area contributed by atoms with Gasteiger partial charge in [0.25, 0.3) is 10.0 Å². The summed E-state index contributed by atoms with van der Waals surface area (Å²) >= 11 is 3.21. The molecule has 0 amide bonds. The molecule has 1 heterocycles. The predicted octanol–water partition coefficient (Wildman–Crippen LogP) is 2.72. The molecule has 1 aliphatic heterocycles. The highest BCUT2D eigenvalue weighted by Crippen LogP contribution is 2.37. The number of nitrogens with one attached hydrogen (secondary N) is 1. The molecule has 7 nitrogen and oxygen atoms in total. The minimum absolute atomic E-state index is 0.0172. The van der Waals surface area contributed by atoms with E-state index in [0.29, 0.717) is 29.2 Å². The number of carboxylic acids is 1. The summed E-state index contributed by atoms with van der Waals surface area (Å²) in [6.07, 6.45) is 0. The Hall–Kier alpha value is -2.26. The summed E-state index contributed by atoms with van der Waals surface area (Å²) in [6.45, 7) is 0.730. The van der Waals surface area contributed by atoms with Gasteiger partial charge in [-0.3, -0.25) is 4.72 Å². The zero-order chi connectivity index (χ0) is 17.3. The van der Waals surface area contributed by atoms with Gasteiger partial charge in [0, 0.05) is 16.2 Å². The second kappa shape index (κ2) is 6.33. The van der Waals surface area contributed by atoms with Crippen LogP contribution in [0.4, 0.5) is 5.69 Å². The topological polar surface area (TPSA) is 102 Å². The monoisotopic (exact) mass is 413 g/mol. The summed E-state index contributed by atoms with van der Waals surface area (Å²) in [5.74, 6) is -0.347. The molecule has 0 spiro atoms. The van der Waals surface area contributed by atoms with Gasteiger partial charge in [-0.25, -0.2) is 13.2 Å². The molecule has 0 aromatic heterocycles. The van der Waals surface area contributed by atoms with Crippen molar-refractivity contribution in [3.05, 3.63) is 46.4 Å². The Morgan fingerprint density at radius 2 is 1.79 bits per heavy atom. The fraction of sp³-hybridized carbons (Fsp3) is 0.133. The predicted molar refractivity (Wildman–Crippen MR) is 89.3 cm³/mol. The Morgan fingerprint density at radius 3 is 2.46 bits per heavy atom. The van der Waals surface area contributed by atoms with Crippen molar-refractivity contribution in [1.82, 2.24) is 0 Å². The Labute approximate surface area is 146 Å². The first kappa shape index (κ1) is 16.6. The lowest BCUT2D eigenvalue weighted by Crippen LogP contribution is -2.18. The van der Waals surface area contributed by atoms with E-state index in [1.165, 1.54) is 36.4 Å². The van der Waals surface area contributed by atoms with E-state index in [1.54, 1.807) is 0 Å². The van der Waals surface area contributed by atoms with Gasteiger partial charge in [-0.05, 0) is 40.2 Å². The van der Waals surface area contributed by atoms with Gasteiger partial charge in [0.15, 0.2) is 11.5 Å². The average molecular weight is 414 g/mol. The third-order valence-corrected chi connectivity index (χ3v) is 5.59. The molecule has 9 heteroatoms. The number of benzene rings is 2. The summed E-state index contributed by atoms with van der Waals surface area (Å²) in [6, 6.07) is 8.43. The van der Waals surface area contributed by atoms with E-state index in [1.807, 2.05) is 0 Å². The number of sulfonamides is 1. The van der Waals surface area contributed by atoms with Gasteiger partial charge in [-0.1, -0.05) is 6.07 Å². The molecule has 2 aromatic rings. The maximum absolute atomic E-state index is 12.6. The summed E-state index contributed by atoms with van der Waals surface area (Å²) in [5, 5.41) is 8.99. The zero-order valence-corrected chi connectivity index (χ0v) is 14.6. The van der Waals surface area contributed by atoms with Crippen molar-refractivity contribution < 1.29 is 27.8 Å². The smallest absolute Gasteiger partial charge is 0.335 e. The van der Waals surface area contributed by atoms with Crippen LogP contribution in [0.3, 0.4) is 0 Å². The van der Waals surface area contributed by atoms with Crippen molar-refractivity contribution >= 4 is 37.6 Å². The highest BCUT2D eigenvalue weighted by Gasteiger charge is 2.23. The molecule has 0 saturated heterocycles. The summed E-state index contributed by atoms with van der Waals surface area (Å²) in [5.41, 5.74) is 0.133. The number of fused-ring (bicyclic) bond motifs is 1. The number of carbonyl (C=O) groups is 1. The molecule has 0 unspecified atom stereocenters. The molecule has 0 aliphatic carbocycles. The summed E-state index contributed by atoms with van der Waals surface area (Å²) < 4.78 is 38.7. The number of hydrogen-bond donors (Lipinski definition) is 2. The van der Waals surface area contributed by atoms with Crippen molar-refractivity contribution in [3.63, 3.8) is 0 Å². The molecule has 2 N–H and O–H groups in total. The van der Waals surface area contributed by atoms with Crippen LogP contribution >= 0.6 is 15.9 Å². The normalized spacial score (nSPS) is 13.4. The Morgan fingerprint density at radius 1 is 1.12 bits per heavy atom. The van der Waals surface area contributed by atoms with E-state index in [9.17, 15) is 13.2 Å². The molecule has 24 heavy (non-hydrogen) atoms. The van der Waals surface area contributed by atoms with Crippen molar-refractivity contribution in [2.24, 2.45) is 0 Å². The third kappa shape index (κ3) is 3.31. The van der Waals surface area contributed by atoms with Crippen LogP contribution in [-0.4, -0.2) is 32.7 Å². The van der Waals surface area contributed by atoms with Crippen LogP contribution in [0.15, 0.2) is 45.8 Å². The first-order chi connectivity index (χ1) is 11.4. The summed E-state index contributed by atoms with van der Waals surface area (Å²) in [7, 11) is -3.95. The lowest BCUT2D eigenvalue weighted by Gasteiger charge is -2.20. The first-order valence-corrected chi connectivity index (χ1v) is 9.10. The highest BCUT2D eigenvalue weighted by molar-refractivity contribution is 9.10. The van der Waals surface area contributed by atoms with Crippen LogP contribution in [0, 0.1) is 0 Å². The molecule has 1 aliphatic rings. The minimum Gasteiger partial charge on any atom is -0.486 e. The van der Waals surface area contributed by atoms with Crippen LogP contribution in [0.2, 0.25) is 0 Å². The largest absolute Gasteiger partial charge is 0.486 e. The van der Waals surface area contributed by atoms with Crippen molar-refractivity contribution in [3.8, 4) is 11.5 Å². The number of halogens is 1. The van der Waals surface area contributed by atoms with Gasteiger partial charge < -0.3 is 14.6 Å². The second-order valence-corrected chi connectivity index (χ2v) is 7.42. The fourth-order valence-corrected chi connectivity index (χ4v) is 4.26. The van der Waals surface area contributed by atoms with Gasteiger partial charge in [-0.15, -0.1) is 0 Å². The summed E-state index contributed by atoms with van der Waals surface area (Å²) in [4.78, 5) is 11.0. The number of rotatable bonds is 4. The van der Waals surface area contributed by atoms with E-state index in [-0.39, 0.29) is 16.1 Å². The Balaban J connectivity index is 1.96. The van der Waals surface area contributed by atoms with Crippen molar-refractivity contribution in [1.29, 1.82) is 0 Å². The second-order valence-electron chi connectivity index (χ2n) is 4.92. The number of anilines is 1. The van der Waals surface area contributed by atoms with Gasteiger partial charge >= 0.3 is 5.97 Å². The molecule has 126 valence electrons. The molecule has 3 rings (SSSR count). The molecule has 0 fully saturated rings. The standard InChI is InChI=1S/C15H12BrNO6S/c16-11-7-12-13(23-5-4-22-12)8-14(11)24(20,21)17-10-3-1-2-9(6-10)15(18)19/h1-3,6-8,17H,4-5H2,(H,18,19). The SMILES string of the molecule is O=C(O)c1cccc(NS(=O)(=O)c2cc3c(cc2Br)OCCO3)c1. The number of aromatic carboxylic acids is 1. The molecule has 2 aromatic carbocycles. The van der Waals surface area contributed by atoms with E-state index >= 15 is 0 Å². The molecule has 0 atom stereocenters.